The fourth-order valence-electron chi connectivity index (χ4n) is 2.27. The summed E-state index contributed by atoms with van der Waals surface area (Å²) in [6, 6.07) is 9.19. The van der Waals surface area contributed by atoms with E-state index in [-0.39, 0.29) is 19.2 Å². The molecule has 25 heavy (non-hydrogen) atoms. The molecule has 0 saturated carbocycles. The van der Waals surface area contributed by atoms with Gasteiger partial charge >= 0.3 is 12.1 Å². The summed E-state index contributed by atoms with van der Waals surface area (Å²) in [5, 5.41) is 2.91. The highest BCUT2D eigenvalue weighted by molar-refractivity contribution is 7.98. The van der Waals surface area contributed by atoms with Gasteiger partial charge in [0, 0.05) is 5.75 Å². The van der Waals surface area contributed by atoms with Crippen LogP contribution in [0.1, 0.15) is 5.56 Å². The SMILES string of the molecule is CNC(CSC)C(=O)OCC(OCc1ccccc1)C1COC(=O)O1. The van der Waals surface area contributed by atoms with E-state index in [9.17, 15) is 9.59 Å². The minimum Gasteiger partial charge on any atom is -0.462 e. The lowest BCUT2D eigenvalue weighted by atomic mass is 10.2. The van der Waals surface area contributed by atoms with Gasteiger partial charge in [0.1, 0.15) is 25.4 Å². The maximum absolute atomic E-state index is 12.1. The van der Waals surface area contributed by atoms with Gasteiger partial charge in [0.2, 0.25) is 0 Å². The highest BCUT2D eigenvalue weighted by Crippen LogP contribution is 2.16. The van der Waals surface area contributed by atoms with Gasteiger partial charge in [0.05, 0.1) is 6.61 Å². The summed E-state index contributed by atoms with van der Waals surface area (Å²) < 4.78 is 21.1. The Hall–Kier alpha value is -1.77. The molecule has 0 spiro atoms. The minimum atomic E-state index is -0.736. The lowest BCUT2D eigenvalue weighted by molar-refractivity contribution is -0.153. The van der Waals surface area contributed by atoms with Gasteiger partial charge in [-0.1, -0.05) is 30.3 Å². The Labute approximate surface area is 151 Å². The molecule has 0 bridgehead atoms. The Kier molecular flexibility index (Phi) is 8.03. The average molecular weight is 369 g/mol. The van der Waals surface area contributed by atoms with Crippen LogP contribution in [-0.4, -0.2) is 62.6 Å². The predicted molar refractivity (Wildman–Crippen MR) is 93.4 cm³/mol. The van der Waals surface area contributed by atoms with Gasteiger partial charge in [-0.15, -0.1) is 0 Å². The summed E-state index contributed by atoms with van der Waals surface area (Å²) in [6.07, 6.45) is -0.0151. The average Bonchev–Trinajstić information content (AvgIpc) is 3.06. The first-order valence-corrected chi connectivity index (χ1v) is 9.35. The lowest BCUT2D eigenvalue weighted by Gasteiger charge is -2.22. The van der Waals surface area contributed by atoms with Gasteiger partial charge in [0.25, 0.3) is 0 Å². The van der Waals surface area contributed by atoms with Crippen molar-refractivity contribution in [3.05, 3.63) is 35.9 Å². The zero-order chi connectivity index (χ0) is 18.1. The quantitative estimate of drug-likeness (QED) is 0.623. The first-order chi connectivity index (χ1) is 12.1. The second kappa shape index (κ2) is 10.3. The van der Waals surface area contributed by atoms with E-state index < -0.39 is 24.4 Å². The zero-order valence-corrected chi connectivity index (χ0v) is 15.1. The second-order valence-corrected chi connectivity index (χ2v) is 6.39. The molecule has 1 N–H and O–H groups in total. The van der Waals surface area contributed by atoms with Crippen molar-refractivity contribution in [2.75, 3.05) is 32.3 Å². The number of thioether (sulfide) groups is 1. The number of rotatable bonds is 10. The van der Waals surface area contributed by atoms with Gasteiger partial charge in [-0.05, 0) is 18.9 Å². The topological polar surface area (TPSA) is 83.1 Å². The molecule has 2 rings (SSSR count). The second-order valence-electron chi connectivity index (χ2n) is 5.48. The summed E-state index contributed by atoms with van der Waals surface area (Å²) in [7, 11) is 1.71. The maximum Gasteiger partial charge on any atom is 0.508 e. The number of hydrogen-bond donors (Lipinski definition) is 1. The van der Waals surface area contributed by atoms with Gasteiger partial charge in [-0.25, -0.2) is 4.79 Å². The summed E-state index contributed by atoms with van der Waals surface area (Å²) in [5.74, 6) is 0.238. The van der Waals surface area contributed by atoms with E-state index in [0.29, 0.717) is 12.4 Å². The number of ether oxygens (including phenoxy) is 4. The molecule has 0 amide bonds. The monoisotopic (exact) mass is 369 g/mol. The fraction of sp³-hybridized carbons (Fsp3) is 0.529. The van der Waals surface area contributed by atoms with Crippen molar-refractivity contribution in [1.82, 2.24) is 5.32 Å². The molecule has 0 aromatic heterocycles. The van der Waals surface area contributed by atoms with E-state index in [1.165, 1.54) is 0 Å². The van der Waals surface area contributed by atoms with E-state index in [1.807, 2.05) is 36.6 Å². The van der Waals surface area contributed by atoms with E-state index >= 15 is 0 Å². The van der Waals surface area contributed by atoms with Gasteiger partial charge < -0.3 is 24.3 Å². The highest BCUT2D eigenvalue weighted by Gasteiger charge is 2.35. The summed E-state index contributed by atoms with van der Waals surface area (Å²) in [4.78, 5) is 23.3. The first-order valence-electron chi connectivity index (χ1n) is 7.95. The number of carbonyl (C=O) groups excluding carboxylic acids is 2. The van der Waals surface area contributed by atoms with Crippen LogP contribution in [0.4, 0.5) is 4.79 Å². The van der Waals surface area contributed by atoms with Gasteiger partial charge in [-0.2, -0.15) is 11.8 Å². The van der Waals surface area contributed by atoms with Crippen LogP contribution >= 0.6 is 11.8 Å². The molecular weight excluding hydrogens is 346 g/mol. The van der Waals surface area contributed by atoms with Crippen molar-refractivity contribution in [3.63, 3.8) is 0 Å². The van der Waals surface area contributed by atoms with Crippen LogP contribution in [0, 0.1) is 0 Å². The molecule has 138 valence electrons. The van der Waals surface area contributed by atoms with Crippen LogP contribution in [-0.2, 0) is 30.3 Å². The third kappa shape index (κ3) is 6.22. The molecule has 1 saturated heterocycles. The third-order valence-corrected chi connectivity index (χ3v) is 4.36. The number of benzene rings is 1. The van der Waals surface area contributed by atoms with E-state index in [0.717, 1.165) is 5.56 Å². The van der Waals surface area contributed by atoms with E-state index in [1.54, 1.807) is 18.8 Å². The molecule has 1 fully saturated rings. The van der Waals surface area contributed by atoms with Crippen LogP contribution in [0.15, 0.2) is 30.3 Å². The number of likely N-dealkylation sites (N-methyl/N-ethyl adjacent to an activating group) is 1. The Balaban J connectivity index is 1.92. The summed E-state index contributed by atoms with van der Waals surface area (Å²) in [5.41, 5.74) is 0.972. The van der Waals surface area contributed by atoms with Crippen molar-refractivity contribution >= 4 is 23.9 Å². The van der Waals surface area contributed by atoms with Crippen LogP contribution in [0.5, 0.6) is 0 Å². The maximum atomic E-state index is 12.1. The van der Waals surface area contributed by atoms with E-state index in [2.05, 4.69) is 5.32 Å². The molecule has 3 atom stereocenters. The largest absolute Gasteiger partial charge is 0.508 e. The van der Waals surface area contributed by atoms with Crippen LogP contribution in [0.25, 0.3) is 0 Å². The number of nitrogens with one attached hydrogen (secondary N) is 1. The number of cyclic esters (lactones) is 2. The van der Waals surface area contributed by atoms with Crippen molar-refractivity contribution in [2.45, 2.75) is 24.9 Å². The van der Waals surface area contributed by atoms with Crippen molar-refractivity contribution in [2.24, 2.45) is 0 Å². The van der Waals surface area contributed by atoms with Crippen LogP contribution in [0.2, 0.25) is 0 Å². The first kappa shape index (κ1) is 19.6. The highest BCUT2D eigenvalue weighted by atomic mass is 32.2. The Bertz CT molecular complexity index is 555. The summed E-state index contributed by atoms with van der Waals surface area (Å²) >= 11 is 1.55. The predicted octanol–water partition coefficient (Wildman–Crippen LogP) is 1.60. The van der Waals surface area contributed by atoms with Gasteiger partial charge in [0.15, 0.2) is 6.10 Å². The van der Waals surface area contributed by atoms with E-state index in [4.69, 9.17) is 18.9 Å². The van der Waals surface area contributed by atoms with Crippen molar-refractivity contribution in [3.8, 4) is 0 Å². The molecule has 1 aliphatic heterocycles. The number of carbonyl (C=O) groups is 2. The van der Waals surface area contributed by atoms with Crippen LogP contribution in [0.3, 0.4) is 0 Å². The molecule has 1 aliphatic rings. The lowest BCUT2D eigenvalue weighted by Crippen LogP contribution is -2.41. The Morgan fingerprint density at radius 3 is 2.76 bits per heavy atom. The molecule has 1 heterocycles. The summed E-state index contributed by atoms with van der Waals surface area (Å²) in [6.45, 7) is 0.382. The molecule has 1 aromatic carbocycles. The Morgan fingerprint density at radius 2 is 2.16 bits per heavy atom. The molecule has 3 unspecified atom stereocenters. The molecule has 0 aliphatic carbocycles. The normalized spacial score (nSPS) is 19.0. The molecule has 8 heteroatoms. The molecule has 1 aromatic rings. The van der Waals surface area contributed by atoms with Crippen LogP contribution < -0.4 is 5.32 Å². The zero-order valence-electron chi connectivity index (χ0n) is 14.3. The Morgan fingerprint density at radius 1 is 1.40 bits per heavy atom. The number of esters is 1. The van der Waals surface area contributed by atoms with Crippen molar-refractivity contribution in [1.29, 1.82) is 0 Å². The molecule has 7 nitrogen and oxygen atoms in total. The van der Waals surface area contributed by atoms with Gasteiger partial charge in [-0.3, -0.25) is 4.79 Å². The molecular formula is C17H23NO6S. The smallest absolute Gasteiger partial charge is 0.462 e. The third-order valence-electron chi connectivity index (χ3n) is 3.69. The fourth-order valence-corrected chi connectivity index (χ4v) is 2.90. The standard InChI is InChI=1S/C17H23NO6S/c1-18-13(11-25-2)16(19)22-9-14(15-10-23-17(20)24-15)21-8-12-6-4-3-5-7-12/h3-7,13-15,18H,8-11H2,1-2H3. The molecule has 0 radical (unpaired) electrons. The number of hydrogen-bond acceptors (Lipinski definition) is 8. The minimum absolute atomic E-state index is 0.0144. The van der Waals surface area contributed by atoms with Crippen molar-refractivity contribution < 1.29 is 28.5 Å².